The molecule has 3 fully saturated rings. The highest BCUT2D eigenvalue weighted by molar-refractivity contribution is 6.00. The molecule has 0 saturated carbocycles. The zero-order chi connectivity index (χ0) is 22.3. The van der Waals surface area contributed by atoms with E-state index in [1.165, 1.54) is 6.07 Å². The zero-order valence-corrected chi connectivity index (χ0v) is 18.5. The fourth-order valence-electron chi connectivity index (χ4n) is 5.87. The Morgan fingerprint density at radius 3 is 2.66 bits per heavy atom. The van der Waals surface area contributed by atoms with Crippen LogP contribution in [0.25, 0.3) is 11.1 Å². The lowest BCUT2D eigenvalue weighted by Crippen LogP contribution is -2.41. The van der Waals surface area contributed by atoms with Crippen LogP contribution in [0.5, 0.6) is 0 Å². The molecule has 1 amide bonds. The molecule has 0 spiro atoms. The molecule has 5 rings (SSSR count). The Hall–Kier alpha value is -2.54. The molecule has 0 radical (unpaired) electrons. The molecule has 1 aromatic heterocycles. The molecular weight excluding hydrogens is 410 g/mol. The molecule has 170 valence electrons. The van der Waals surface area contributed by atoms with E-state index in [4.69, 9.17) is 0 Å². The molecule has 1 N–H and O–H groups in total. The summed E-state index contributed by atoms with van der Waals surface area (Å²) in [6.07, 6.45) is 7.38. The van der Waals surface area contributed by atoms with Crippen molar-refractivity contribution in [2.45, 2.75) is 51.0 Å². The van der Waals surface area contributed by atoms with Crippen molar-refractivity contribution < 1.29 is 13.6 Å². The molecule has 5 nitrogen and oxygen atoms in total. The van der Waals surface area contributed by atoms with Gasteiger partial charge in [0.25, 0.3) is 0 Å². The van der Waals surface area contributed by atoms with E-state index in [1.54, 1.807) is 12.3 Å². The summed E-state index contributed by atoms with van der Waals surface area (Å²) < 4.78 is 28.7. The number of hydrogen-bond acceptors (Lipinski definition) is 4. The number of anilines is 2. The highest BCUT2D eigenvalue weighted by Gasteiger charge is 2.45. The van der Waals surface area contributed by atoms with Crippen LogP contribution in [0.15, 0.2) is 30.5 Å². The van der Waals surface area contributed by atoms with Crippen LogP contribution >= 0.6 is 0 Å². The largest absolute Gasteiger partial charge is 0.355 e. The third-order valence-corrected chi connectivity index (χ3v) is 7.44. The molecule has 0 bridgehead atoms. The quantitative estimate of drug-likeness (QED) is 0.724. The van der Waals surface area contributed by atoms with Gasteiger partial charge in [0.15, 0.2) is 5.82 Å². The summed E-state index contributed by atoms with van der Waals surface area (Å²) in [5.41, 5.74) is 1.03. The van der Waals surface area contributed by atoms with Gasteiger partial charge in [-0.1, -0.05) is 6.92 Å². The van der Waals surface area contributed by atoms with Crippen molar-refractivity contribution in [2.24, 2.45) is 5.92 Å². The Kier molecular flexibility index (Phi) is 5.61. The van der Waals surface area contributed by atoms with Gasteiger partial charge in [0.05, 0.1) is 5.69 Å². The monoisotopic (exact) mass is 440 g/mol. The molecular formula is C25H30F2N4O. The second kappa shape index (κ2) is 8.43. The number of aromatic nitrogens is 1. The van der Waals surface area contributed by atoms with E-state index in [0.717, 1.165) is 70.4 Å². The number of benzene rings is 1. The van der Waals surface area contributed by atoms with Gasteiger partial charge in [-0.25, -0.2) is 13.8 Å². The lowest BCUT2D eigenvalue weighted by Gasteiger charge is -2.32. The number of amides is 1. The van der Waals surface area contributed by atoms with Crippen LogP contribution < -0.4 is 10.2 Å². The second-order valence-electron chi connectivity index (χ2n) is 9.66. The molecule has 2 aromatic rings. The average molecular weight is 441 g/mol. The molecule has 7 heteroatoms. The Balaban J connectivity index is 1.51. The van der Waals surface area contributed by atoms with Crippen LogP contribution in [-0.4, -0.2) is 47.5 Å². The number of halogens is 2. The minimum absolute atomic E-state index is 0.0567. The number of hydrogen-bond donors (Lipinski definition) is 1. The van der Waals surface area contributed by atoms with Gasteiger partial charge in [0, 0.05) is 42.4 Å². The predicted octanol–water partition coefficient (Wildman–Crippen LogP) is 4.83. The maximum atomic E-state index is 14.7. The van der Waals surface area contributed by atoms with Crippen LogP contribution in [0.1, 0.15) is 45.4 Å². The molecule has 1 aromatic carbocycles. The van der Waals surface area contributed by atoms with E-state index in [1.807, 2.05) is 0 Å². The summed E-state index contributed by atoms with van der Waals surface area (Å²) in [6.45, 7) is 5.93. The van der Waals surface area contributed by atoms with Crippen molar-refractivity contribution in [1.82, 2.24) is 9.88 Å². The Labute approximate surface area is 187 Å². The van der Waals surface area contributed by atoms with Crippen molar-refractivity contribution >= 4 is 17.4 Å². The van der Waals surface area contributed by atoms with Crippen molar-refractivity contribution in [3.05, 3.63) is 42.1 Å². The lowest BCUT2D eigenvalue weighted by molar-refractivity contribution is -0.118. The number of carbonyl (C=O) groups excluding carboxylic acids is 1. The first-order valence-corrected chi connectivity index (χ1v) is 11.7. The minimum Gasteiger partial charge on any atom is -0.355 e. The maximum Gasteiger partial charge on any atom is 0.226 e. The van der Waals surface area contributed by atoms with Crippen molar-refractivity contribution in [2.75, 3.05) is 36.4 Å². The van der Waals surface area contributed by atoms with Gasteiger partial charge in [-0.3, -0.25) is 9.69 Å². The molecule has 3 aliphatic rings. The minimum atomic E-state index is -0.523. The van der Waals surface area contributed by atoms with Gasteiger partial charge in [0.2, 0.25) is 5.91 Å². The van der Waals surface area contributed by atoms with Gasteiger partial charge in [0.1, 0.15) is 11.6 Å². The number of fused-ring (bicyclic) bond motifs is 1. The van der Waals surface area contributed by atoms with Gasteiger partial charge in [-0.2, -0.15) is 0 Å². The smallest absolute Gasteiger partial charge is 0.226 e. The number of rotatable bonds is 5. The molecule has 1 atom stereocenters. The average Bonchev–Trinajstić information content (AvgIpc) is 3.45. The van der Waals surface area contributed by atoms with E-state index in [0.29, 0.717) is 29.4 Å². The second-order valence-corrected chi connectivity index (χ2v) is 9.66. The number of pyridine rings is 1. The van der Waals surface area contributed by atoms with E-state index in [9.17, 15) is 13.6 Å². The van der Waals surface area contributed by atoms with Gasteiger partial charge < -0.3 is 10.2 Å². The van der Waals surface area contributed by atoms with E-state index < -0.39 is 11.6 Å². The first-order valence-electron chi connectivity index (χ1n) is 11.7. The summed E-state index contributed by atoms with van der Waals surface area (Å²) >= 11 is 0. The first kappa shape index (κ1) is 21.3. The summed E-state index contributed by atoms with van der Waals surface area (Å²) in [7, 11) is 0. The number of nitrogens with zero attached hydrogens (tertiary/aromatic N) is 3. The summed E-state index contributed by atoms with van der Waals surface area (Å²) in [6, 6.07) is 5.08. The number of carbonyl (C=O) groups is 1. The third kappa shape index (κ3) is 3.87. The standard InChI is InChI=1S/C25H30F2N4O/c1-17-7-13-30(16-17)24-23(19(6-10-28-24)20-14-18(26)4-5-21(20)27)29-22(32)15-25-8-2-11-31(25)12-3-9-25/h4-6,10,14,17H,2-3,7-9,11-13,15-16H2,1H3,(H,29,32)/t17-/m0/s1. The van der Waals surface area contributed by atoms with Gasteiger partial charge in [-0.15, -0.1) is 0 Å². The SMILES string of the molecule is C[C@H]1CCN(c2nccc(-c3cc(F)ccc3F)c2NC(=O)CC23CCCN2CCC3)C1. The van der Waals surface area contributed by atoms with Crippen LogP contribution in [0.4, 0.5) is 20.3 Å². The fourth-order valence-corrected chi connectivity index (χ4v) is 5.87. The van der Waals surface area contributed by atoms with Crippen LogP contribution in [0, 0.1) is 17.6 Å². The van der Waals surface area contributed by atoms with Crippen LogP contribution in [-0.2, 0) is 4.79 Å². The van der Waals surface area contributed by atoms with Crippen LogP contribution in [0.3, 0.4) is 0 Å². The highest BCUT2D eigenvalue weighted by atomic mass is 19.1. The Morgan fingerprint density at radius 1 is 1.16 bits per heavy atom. The fraction of sp³-hybridized carbons (Fsp3) is 0.520. The predicted molar refractivity (Wildman–Crippen MR) is 122 cm³/mol. The number of nitrogens with one attached hydrogen (secondary N) is 1. The molecule has 0 unspecified atom stereocenters. The Morgan fingerprint density at radius 2 is 1.94 bits per heavy atom. The van der Waals surface area contributed by atoms with E-state index >= 15 is 0 Å². The van der Waals surface area contributed by atoms with Crippen molar-refractivity contribution in [3.8, 4) is 11.1 Å². The van der Waals surface area contributed by atoms with Crippen LogP contribution in [0.2, 0.25) is 0 Å². The zero-order valence-electron chi connectivity index (χ0n) is 18.5. The summed E-state index contributed by atoms with van der Waals surface area (Å²) in [4.78, 5) is 22.5. The van der Waals surface area contributed by atoms with E-state index in [2.05, 4.69) is 27.0 Å². The molecule has 3 saturated heterocycles. The lowest BCUT2D eigenvalue weighted by atomic mass is 9.90. The van der Waals surface area contributed by atoms with Crippen molar-refractivity contribution in [3.63, 3.8) is 0 Å². The van der Waals surface area contributed by atoms with E-state index in [-0.39, 0.29) is 17.0 Å². The normalized spacial score (nSPS) is 22.3. The maximum absolute atomic E-state index is 14.7. The summed E-state index contributed by atoms with van der Waals surface area (Å²) in [5.74, 6) is 0.0252. The highest BCUT2D eigenvalue weighted by Crippen LogP contribution is 2.43. The third-order valence-electron chi connectivity index (χ3n) is 7.44. The molecule has 0 aliphatic carbocycles. The van der Waals surface area contributed by atoms with Gasteiger partial charge in [-0.05, 0) is 75.4 Å². The molecule has 3 aliphatic heterocycles. The van der Waals surface area contributed by atoms with Gasteiger partial charge >= 0.3 is 0 Å². The molecule has 32 heavy (non-hydrogen) atoms. The first-order chi connectivity index (χ1) is 15.4. The molecule has 4 heterocycles. The Bertz CT molecular complexity index is 1020. The summed E-state index contributed by atoms with van der Waals surface area (Å²) in [5, 5.41) is 3.09. The topological polar surface area (TPSA) is 48.5 Å². The van der Waals surface area contributed by atoms with Crippen molar-refractivity contribution in [1.29, 1.82) is 0 Å².